The minimum absolute atomic E-state index is 0.108. The first-order valence-corrected chi connectivity index (χ1v) is 8.95. The molecule has 0 aliphatic carbocycles. The lowest BCUT2D eigenvalue weighted by molar-refractivity contribution is -0.133. The number of amides is 3. The number of imide groups is 1. The molecule has 2 atom stereocenters. The molecule has 2 fully saturated rings. The lowest BCUT2D eigenvalue weighted by Crippen LogP contribution is -2.49. The molecule has 6 nitrogen and oxygen atoms in total. The predicted octanol–water partition coefficient (Wildman–Crippen LogP) is 2.29. The number of ether oxygens (including phenoxy) is 1. The molecule has 1 N–H and O–H groups in total. The molecular formula is C20H23N3O3. The highest BCUT2D eigenvalue weighted by molar-refractivity contribution is 6.07. The molecule has 2 aliphatic heterocycles. The van der Waals surface area contributed by atoms with E-state index in [9.17, 15) is 9.59 Å². The zero-order valence-electron chi connectivity index (χ0n) is 15.1. The maximum absolute atomic E-state index is 13.1. The van der Waals surface area contributed by atoms with E-state index in [2.05, 4.69) is 10.2 Å². The summed E-state index contributed by atoms with van der Waals surface area (Å²) in [7, 11) is 0. The molecule has 3 amide bonds. The first-order valence-electron chi connectivity index (χ1n) is 8.95. The van der Waals surface area contributed by atoms with E-state index in [4.69, 9.17) is 4.74 Å². The van der Waals surface area contributed by atoms with E-state index >= 15 is 0 Å². The Balaban J connectivity index is 1.60. The lowest BCUT2D eigenvalue weighted by atomic mass is 9.90. The molecule has 2 aliphatic rings. The monoisotopic (exact) mass is 353 g/mol. The van der Waals surface area contributed by atoms with Crippen LogP contribution in [0.15, 0.2) is 42.5 Å². The largest absolute Gasteiger partial charge is 0.376 e. The molecule has 0 radical (unpaired) electrons. The highest BCUT2D eigenvalue weighted by Gasteiger charge is 2.49. The van der Waals surface area contributed by atoms with Crippen LogP contribution in [-0.4, -0.2) is 54.2 Å². The van der Waals surface area contributed by atoms with Gasteiger partial charge in [0.2, 0.25) is 0 Å². The smallest absolute Gasteiger partial charge is 0.326 e. The second-order valence-corrected chi connectivity index (χ2v) is 7.25. The van der Waals surface area contributed by atoms with Crippen molar-refractivity contribution in [2.24, 2.45) is 0 Å². The molecule has 4 rings (SSSR count). The highest BCUT2D eigenvalue weighted by Crippen LogP contribution is 2.31. The Labute approximate surface area is 152 Å². The first kappa shape index (κ1) is 17.0. The van der Waals surface area contributed by atoms with Gasteiger partial charge >= 0.3 is 6.03 Å². The fourth-order valence-electron chi connectivity index (χ4n) is 3.74. The van der Waals surface area contributed by atoms with Gasteiger partial charge in [-0.05, 0) is 36.2 Å². The van der Waals surface area contributed by atoms with Crippen molar-refractivity contribution in [2.75, 3.05) is 26.4 Å². The van der Waals surface area contributed by atoms with Gasteiger partial charge in [-0.3, -0.25) is 9.69 Å². The second kappa shape index (κ2) is 6.37. The Morgan fingerprint density at radius 3 is 2.73 bits per heavy atom. The lowest BCUT2D eigenvalue weighted by Gasteiger charge is -2.33. The van der Waals surface area contributed by atoms with Crippen LogP contribution in [-0.2, 0) is 15.1 Å². The van der Waals surface area contributed by atoms with Crippen LogP contribution in [0.4, 0.5) is 4.79 Å². The molecule has 0 bridgehead atoms. The molecule has 2 heterocycles. The Morgan fingerprint density at radius 1 is 1.19 bits per heavy atom. The van der Waals surface area contributed by atoms with E-state index in [1.807, 2.05) is 49.4 Å². The summed E-state index contributed by atoms with van der Waals surface area (Å²) in [6.07, 6.45) is 0.108. The van der Waals surface area contributed by atoms with Crippen LogP contribution >= 0.6 is 0 Å². The van der Waals surface area contributed by atoms with Gasteiger partial charge in [0.1, 0.15) is 5.54 Å². The Morgan fingerprint density at radius 2 is 1.96 bits per heavy atom. The molecule has 2 aromatic carbocycles. The van der Waals surface area contributed by atoms with Gasteiger partial charge in [0.15, 0.2) is 0 Å². The third-order valence-electron chi connectivity index (χ3n) is 5.27. The van der Waals surface area contributed by atoms with Gasteiger partial charge in [-0.1, -0.05) is 36.4 Å². The number of benzene rings is 2. The summed E-state index contributed by atoms with van der Waals surface area (Å²) in [5.74, 6) is -0.211. The molecule has 136 valence electrons. The third kappa shape index (κ3) is 2.85. The standard InChI is InChI=1S/C20H23N3O3/c1-14-12-22(9-10-26-14)13-23-18(24)20(2,21-19(23)25)17-8-7-15-5-3-4-6-16(15)11-17/h3-8,11,14H,9-10,12-13H2,1-2H3,(H,21,25). The summed E-state index contributed by atoms with van der Waals surface area (Å²) in [6, 6.07) is 13.5. The summed E-state index contributed by atoms with van der Waals surface area (Å²) >= 11 is 0. The van der Waals surface area contributed by atoms with Gasteiger partial charge in [-0.25, -0.2) is 9.69 Å². The van der Waals surface area contributed by atoms with E-state index < -0.39 is 5.54 Å². The molecule has 2 aromatic rings. The van der Waals surface area contributed by atoms with Crippen molar-refractivity contribution in [3.63, 3.8) is 0 Å². The number of fused-ring (bicyclic) bond motifs is 1. The number of urea groups is 1. The quantitative estimate of drug-likeness (QED) is 0.860. The molecule has 0 spiro atoms. The van der Waals surface area contributed by atoms with E-state index in [0.717, 1.165) is 16.3 Å². The Hall–Kier alpha value is -2.44. The van der Waals surface area contributed by atoms with Crippen molar-refractivity contribution in [1.82, 2.24) is 15.1 Å². The van der Waals surface area contributed by atoms with Crippen molar-refractivity contribution >= 4 is 22.7 Å². The number of hydrogen-bond donors (Lipinski definition) is 1. The van der Waals surface area contributed by atoms with Crippen molar-refractivity contribution in [2.45, 2.75) is 25.5 Å². The van der Waals surface area contributed by atoms with Crippen LogP contribution in [0.3, 0.4) is 0 Å². The Kier molecular flexibility index (Phi) is 4.17. The molecular weight excluding hydrogens is 330 g/mol. The summed E-state index contributed by atoms with van der Waals surface area (Å²) in [4.78, 5) is 29.0. The van der Waals surface area contributed by atoms with Crippen molar-refractivity contribution in [1.29, 1.82) is 0 Å². The minimum Gasteiger partial charge on any atom is -0.376 e. The molecule has 0 aromatic heterocycles. The summed E-state index contributed by atoms with van der Waals surface area (Å²) < 4.78 is 5.53. The van der Waals surface area contributed by atoms with Crippen LogP contribution in [0.1, 0.15) is 19.4 Å². The SMILES string of the molecule is CC1CN(CN2C(=O)NC(C)(c3ccc4ccccc4c3)C2=O)CCO1. The summed E-state index contributed by atoms with van der Waals surface area (Å²) in [5, 5.41) is 5.05. The van der Waals surface area contributed by atoms with E-state index in [-0.39, 0.29) is 18.0 Å². The van der Waals surface area contributed by atoms with Crippen molar-refractivity contribution in [3.8, 4) is 0 Å². The van der Waals surface area contributed by atoms with Crippen LogP contribution in [0.25, 0.3) is 10.8 Å². The molecule has 0 saturated carbocycles. The first-order chi connectivity index (χ1) is 12.5. The van der Waals surface area contributed by atoms with Gasteiger partial charge in [0.05, 0.1) is 19.4 Å². The number of carbonyl (C=O) groups excluding carboxylic acids is 2. The van der Waals surface area contributed by atoms with E-state index in [1.54, 1.807) is 6.92 Å². The highest BCUT2D eigenvalue weighted by atomic mass is 16.5. The van der Waals surface area contributed by atoms with E-state index in [0.29, 0.717) is 26.4 Å². The maximum Gasteiger partial charge on any atom is 0.326 e. The van der Waals surface area contributed by atoms with Crippen LogP contribution in [0.2, 0.25) is 0 Å². The number of nitrogens with zero attached hydrogens (tertiary/aromatic N) is 2. The van der Waals surface area contributed by atoms with Crippen LogP contribution in [0, 0.1) is 0 Å². The molecule has 26 heavy (non-hydrogen) atoms. The summed E-state index contributed by atoms with van der Waals surface area (Å²) in [5.41, 5.74) is -0.244. The molecule has 2 unspecified atom stereocenters. The fourth-order valence-corrected chi connectivity index (χ4v) is 3.74. The van der Waals surface area contributed by atoms with Gasteiger partial charge in [0, 0.05) is 13.1 Å². The molecule has 2 saturated heterocycles. The topological polar surface area (TPSA) is 61.9 Å². The van der Waals surface area contributed by atoms with Gasteiger partial charge in [0.25, 0.3) is 5.91 Å². The van der Waals surface area contributed by atoms with Gasteiger partial charge in [-0.2, -0.15) is 0 Å². The zero-order valence-corrected chi connectivity index (χ0v) is 15.1. The van der Waals surface area contributed by atoms with E-state index in [1.165, 1.54) is 4.90 Å². The number of nitrogens with one attached hydrogen (secondary N) is 1. The second-order valence-electron chi connectivity index (χ2n) is 7.25. The normalized spacial score (nSPS) is 27.2. The Bertz CT molecular complexity index is 868. The fraction of sp³-hybridized carbons (Fsp3) is 0.400. The maximum atomic E-state index is 13.1. The van der Waals surface area contributed by atoms with Crippen LogP contribution in [0.5, 0.6) is 0 Å². The average Bonchev–Trinajstić information content (AvgIpc) is 2.85. The van der Waals surface area contributed by atoms with Crippen molar-refractivity contribution in [3.05, 3.63) is 48.0 Å². The average molecular weight is 353 g/mol. The number of carbonyl (C=O) groups is 2. The number of hydrogen-bond acceptors (Lipinski definition) is 4. The van der Waals surface area contributed by atoms with Gasteiger partial charge in [-0.15, -0.1) is 0 Å². The van der Waals surface area contributed by atoms with Crippen LogP contribution < -0.4 is 5.32 Å². The summed E-state index contributed by atoms with van der Waals surface area (Å²) in [6.45, 7) is 6.11. The third-order valence-corrected chi connectivity index (χ3v) is 5.27. The van der Waals surface area contributed by atoms with Crippen molar-refractivity contribution < 1.29 is 14.3 Å². The number of morpholine rings is 1. The molecule has 6 heteroatoms. The number of rotatable bonds is 3. The predicted molar refractivity (Wildman–Crippen MR) is 98.5 cm³/mol. The van der Waals surface area contributed by atoms with Gasteiger partial charge < -0.3 is 10.1 Å². The zero-order chi connectivity index (χ0) is 18.3. The minimum atomic E-state index is -1.04.